The Hall–Kier alpha value is -4.90. The van der Waals surface area contributed by atoms with Crippen LogP contribution in [0.5, 0.6) is 5.88 Å². The van der Waals surface area contributed by atoms with Gasteiger partial charge in [-0.2, -0.15) is 18.2 Å². The van der Waals surface area contributed by atoms with Crippen molar-refractivity contribution in [3.8, 4) is 17.3 Å². The van der Waals surface area contributed by atoms with Crippen molar-refractivity contribution >= 4 is 61.0 Å². The van der Waals surface area contributed by atoms with Crippen molar-refractivity contribution < 1.29 is 45.1 Å². The first-order valence-electron chi connectivity index (χ1n) is 21.4. The summed E-state index contributed by atoms with van der Waals surface area (Å²) in [5, 5.41) is 2.78. The van der Waals surface area contributed by atoms with Gasteiger partial charge in [-0.25, -0.2) is 18.4 Å². The molecule has 8 rings (SSSR count). The minimum atomic E-state index is -4.55. The Morgan fingerprint density at radius 3 is 2.30 bits per heavy atom. The monoisotopic (exact) mass is 907 g/mol. The molecule has 3 fully saturated rings. The van der Waals surface area contributed by atoms with Crippen LogP contribution < -0.4 is 9.46 Å². The fraction of sp³-hybridized carbons (Fsp3) is 0.522. The number of ether oxygens (including phenoxy) is 1. The number of Topliss-reactive ketones (excluding diaryl/α,β-unsaturated/α-hetero) is 1. The minimum Gasteiger partial charge on any atom is -0.470 e. The van der Waals surface area contributed by atoms with Gasteiger partial charge in [-0.3, -0.25) is 19.1 Å². The Labute approximate surface area is 368 Å². The predicted molar refractivity (Wildman–Crippen MR) is 232 cm³/mol. The maximum atomic E-state index is 15.1. The van der Waals surface area contributed by atoms with Crippen molar-refractivity contribution in [3.05, 3.63) is 70.2 Å². The van der Waals surface area contributed by atoms with Gasteiger partial charge in [-0.15, -0.1) is 11.3 Å². The summed E-state index contributed by atoms with van der Waals surface area (Å²) in [6, 6.07) is 10.5. The fourth-order valence-electron chi connectivity index (χ4n) is 8.67. The van der Waals surface area contributed by atoms with Gasteiger partial charge >= 0.3 is 6.18 Å². The van der Waals surface area contributed by atoms with E-state index < -0.39 is 61.8 Å². The van der Waals surface area contributed by atoms with Crippen LogP contribution in [0, 0.1) is 22.7 Å². The molecule has 336 valence electrons. The summed E-state index contributed by atoms with van der Waals surface area (Å²) in [5.74, 6) is -2.14. The number of carbonyl (C=O) groups is 3. The Kier molecular flexibility index (Phi) is 11.3. The molecule has 2 aromatic carbocycles. The number of thiazole rings is 1. The van der Waals surface area contributed by atoms with Gasteiger partial charge in [0.05, 0.1) is 39.5 Å². The second kappa shape index (κ2) is 16.0. The van der Waals surface area contributed by atoms with Crippen LogP contribution in [0.15, 0.2) is 58.3 Å². The van der Waals surface area contributed by atoms with Crippen LogP contribution in [-0.2, 0) is 42.4 Å². The van der Waals surface area contributed by atoms with Crippen LogP contribution in [0.4, 0.5) is 13.2 Å². The van der Waals surface area contributed by atoms with E-state index in [2.05, 4.69) is 30.5 Å². The van der Waals surface area contributed by atoms with Crippen molar-refractivity contribution in [2.75, 3.05) is 6.54 Å². The van der Waals surface area contributed by atoms with Crippen LogP contribution in [0.1, 0.15) is 103 Å². The van der Waals surface area contributed by atoms with Crippen LogP contribution in [-0.4, -0.2) is 69.8 Å². The second-order valence-corrected chi connectivity index (χ2v) is 22.4. The van der Waals surface area contributed by atoms with Gasteiger partial charge in [0.2, 0.25) is 27.4 Å². The fourth-order valence-corrected chi connectivity index (χ4v) is 11.1. The van der Waals surface area contributed by atoms with Crippen LogP contribution in [0.25, 0.3) is 33.5 Å². The van der Waals surface area contributed by atoms with Gasteiger partial charge < -0.3 is 14.1 Å². The van der Waals surface area contributed by atoms with E-state index in [4.69, 9.17) is 19.1 Å². The van der Waals surface area contributed by atoms with Gasteiger partial charge in [0, 0.05) is 46.9 Å². The van der Waals surface area contributed by atoms with E-state index in [1.54, 1.807) is 24.3 Å². The number of sulfonamides is 1. The summed E-state index contributed by atoms with van der Waals surface area (Å²) >= 11 is 1.48. The SMILES string of the molecule is CC[C@@H]1C[C@]1(CC(=O)[C@@H]1C[C@@H](Oc2nc(-c3ccc(C(F)(F)F)cc3)nc3c2oc2ccccc23)CN1C(=O)[C@@H](Cc1nc(C(C)(C)C)cs1)C(C)(C)C)C(=O)NS(=O)(=O)C1CC1. The number of para-hydroxylation sites is 1. The number of halogens is 3. The van der Waals surface area contributed by atoms with Crippen LogP contribution in [0.2, 0.25) is 0 Å². The van der Waals surface area contributed by atoms with Gasteiger partial charge in [0.25, 0.3) is 5.88 Å². The summed E-state index contributed by atoms with van der Waals surface area (Å²) in [4.78, 5) is 59.5. The quantitative estimate of drug-likeness (QED) is 0.121. The number of nitrogens with zero attached hydrogens (tertiary/aromatic N) is 4. The van der Waals surface area contributed by atoms with E-state index in [1.165, 1.54) is 28.4 Å². The molecule has 0 radical (unpaired) electrons. The third-order valence-corrected chi connectivity index (χ3v) is 15.5. The first-order chi connectivity index (χ1) is 29.5. The van der Waals surface area contributed by atoms with Crippen molar-refractivity contribution in [2.24, 2.45) is 22.7 Å². The van der Waals surface area contributed by atoms with Crippen molar-refractivity contribution in [1.82, 2.24) is 24.6 Å². The number of aromatic nitrogens is 3. The number of carbonyl (C=O) groups excluding carboxylic acids is 3. The van der Waals surface area contributed by atoms with Crippen molar-refractivity contribution in [1.29, 1.82) is 0 Å². The van der Waals surface area contributed by atoms with E-state index in [1.807, 2.05) is 33.1 Å². The average molecular weight is 908 g/mol. The molecular formula is C46H52F3N5O7S2. The van der Waals surface area contributed by atoms with Crippen LogP contribution >= 0.6 is 11.3 Å². The van der Waals surface area contributed by atoms with Crippen molar-refractivity contribution in [3.63, 3.8) is 0 Å². The Balaban J connectivity index is 1.15. The second-order valence-electron chi connectivity index (χ2n) is 19.5. The summed E-state index contributed by atoms with van der Waals surface area (Å²) in [7, 11) is -3.88. The Morgan fingerprint density at radius 2 is 1.70 bits per heavy atom. The highest BCUT2D eigenvalue weighted by atomic mass is 32.2. The van der Waals surface area contributed by atoms with E-state index in [9.17, 15) is 31.2 Å². The van der Waals surface area contributed by atoms with E-state index in [-0.39, 0.29) is 59.7 Å². The topological polar surface area (TPSA) is 162 Å². The molecule has 2 aliphatic carbocycles. The molecule has 0 spiro atoms. The van der Waals surface area contributed by atoms with Crippen LogP contribution in [0.3, 0.4) is 0 Å². The molecule has 5 aromatic rings. The highest BCUT2D eigenvalue weighted by Crippen LogP contribution is 2.58. The molecule has 1 N–H and O–H groups in total. The predicted octanol–water partition coefficient (Wildman–Crippen LogP) is 9.05. The number of rotatable bonds is 13. The zero-order valence-corrected chi connectivity index (χ0v) is 38.0. The Morgan fingerprint density at radius 1 is 1.00 bits per heavy atom. The van der Waals surface area contributed by atoms with E-state index in [0.717, 1.165) is 22.8 Å². The third kappa shape index (κ3) is 8.96. The maximum Gasteiger partial charge on any atom is 0.416 e. The number of alkyl halides is 3. The maximum absolute atomic E-state index is 15.1. The summed E-state index contributed by atoms with van der Waals surface area (Å²) in [6.07, 6.45) is -3.47. The standard InChI is InChI=1S/C46H52F3N5O7S2/c1-8-26-21-45(26,42(57)53-63(58,59)29-17-18-29)22-33(55)32-19-28(23-54(32)41(56)31(43(2,3)4)20-36-50-35(24-62-36)44(5,6)7)60-40-38-37(30-11-9-10-12-34(30)61-38)51-39(52-40)25-13-15-27(16-14-25)46(47,48)49/h9-16,24,26,28-29,31-32H,8,17-23H2,1-7H3,(H,53,57)/t26-,28-,31-,32+,45-/m1/s1. The molecule has 2 saturated carbocycles. The normalized spacial score (nSPS) is 22.4. The first-order valence-corrected chi connectivity index (χ1v) is 23.8. The molecule has 1 aliphatic heterocycles. The smallest absolute Gasteiger partial charge is 0.416 e. The number of benzene rings is 2. The number of amides is 2. The average Bonchev–Trinajstić information content (AvgIpc) is 4.04. The van der Waals surface area contributed by atoms with Crippen molar-refractivity contribution in [2.45, 2.75) is 122 Å². The lowest BCUT2D eigenvalue weighted by Gasteiger charge is -2.35. The van der Waals surface area contributed by atoms with Gasteiger partial charge in [0.15, 0.2) is 11.6 Å². The van der Waals surface area contributed by atoms with Gasteiger partial charge in [0.1, 0.15) is 17.2 Å². The number of furan rings is 1. The lowest BCUT2D eigenvalue weighted by Crippen LogP contribution is -2.48. The zero-order valence-electron chi connectivity index (χ0n) is 36.3. The third-order valence-electron chi connectivity index (χ3n) is 12.8. The van der Waals surface area contributed by atoms with E-state index in [0.29, 0.717) is 54.2 Å². The summed E-state index contributed by atoms with van der Waals surface area (Å²) < 4.78 is 81.5. The molecule has 5 atom stereocenters. The molecule has 2 amide bonds. The number of likely N-dealkylation sites (tertiary alicyclic amines) is 1. The molecule has 0 bridgehead atoms. The molecule has 12 nitrogen and oxygen atoms in total. The first kappa shape index (κ1) is 44.7. The number of nitrogens with one attached hydrogen (secondary N) is 1. The molecule has 4 heterocycles. The molecule has 1 saturated heterocycles. The molecule has 17 heteroatoms. The molecule has 3 aliphatic rings. The van der Waals surface area contributed by atoms with Gasteiger partial charge in [-0.1, -0.05) is 79.2 Å². The molecule has 0 unspecified atom stereocenters. The lowest BCUT2D eigenvalue weighted by atomic mass is 9.77. The summed E-state index contributed by atoms with van der Waals surface area (Å²) in [6.45, 7) is 14.0. The van der Waals surface area contributed by atoms with Gasteiger partial charge in [-0.05, 0) is 54.9 Å². The minimum absolute atomic E-state index is 0.0169. The Bertz CT molecular complexity index is 2700. The largest absolute Gasteiger partial charge is 0.470 e. The number of fused-ring (bicyclic) bond motifs is 3. The number of hydrogen-bond donors (Lipinski definition) is 1. The zero-order chi connectivity index (χ0) is 45.4. The number of ketones is 1. The highest BCUT2D eigenvalue weighted by molar-refractivity contribution is 7.90. The molecule has 63 heavy (non-hydrogen) atoms. The lowest BCUT2D eigenvalue weighted by molar-refractivity contribution is -0.144. The highest BCUT2D eigenvalue weighted by Gasteiger charge is 2.62. The molecule has 3 aromatic heterocycles. The molecular weight excluding hydrogens is 856 g/mol. The van der Waals surface area contributed by atoms with E-state index >= 15 is 4.79 Å². The summed E-state index contributed by atoms with van der Waals surface area (Å²) in [5.41, 5.74) is -0.632. The number of hydrogen-bond acceptors (Lipinski definition) is 11.